The molecule has 98 valence electrons. The summed E-state index contributed by atoms with van der Waals surface area (Å²) < 4.78 is 15.7. The molecule has 1 unspecified atom stereocenters. The van der Waals surface area contributed by atoms with E-state index in [4.69, 9.17) is 14.2 Å². The summed E-state index contributed by atoms with van der Waals surface area (Å²) in [4.78, 5) is 11.7. The molecular weight excluding hydrogens is 232 g/mol. The van der Waals surface area contributed by atoms with Gasteiger partial charge >= 0.3 is 5.97 Å². The minimum atomic E-state index is -0.296. The van der Waals surface area contributed by atoms with Crippen LogP contribution in [0.25, 0.3) is 0 Å². The van der Waals surface area contributed by atoms with Gasteiger partial charge < -0.3 is 14.2 Å². The van der Waals surface area contributed by atoms with Gasteiger partial charge in [0.2, 0.25) is 0 Å². The molecule has 0 amide bonds. The van der Waals surface area contributed by atoms with Crippen molar-refractivity contribution in [3.8, 4) is 5.75 Å². The van der Waals surface area contributed by atoms with Crippen molar-refractivity contribution in [2.24, 2.45) is 0 Å². The molecule has 1 aromatic rings. The second kappa shape index (κ2) is 6.40. The van der Waals surface area contributed by atoms with E-state index in [0.29, 0.717) is 12.2 Å². The number of rotatable bonds is 5. The van der Waals surface area contributed by atoms with E-state index in [1.165, 1.54) is 0 Å². The average molecular weight is 250 g/mol. The number of carbonyl (C=O) groups is 1. The average Bonchev–Trinajstić information content (AvgIpc) is 2.92. The molecule has 0 N–H and O–H groups in total. The molecular formula is C14H18O4. The van der Waals surface area contributed by atoms with Crippen molar-refractivity contribution in [3.05, 3.63) is 29.8 Å². The molecule has 2 rings (SSSR count). The summed E-state index contributed by atoms with van der Waals surface area (Å²) in [5.74, 6) is 0.432. The first kappa shape index (κ1) is 12.9. The van der Waals surface area contributed by atoms with Crippen LogP contribution in [0.3, 0.4) is 0 Å². The first-order valence-electron chi connectivity index (χ1n) is 6.22. The van der Waals surface area contributed by atoms with Crippen molar-refractivity contribution in [1.82, 2.24) is 0 Å². The smallest absolute Gasteiger partial charge is 0.338 e. The molecule has 1 heterocycles. The van der Waals surface area contributed by atoms with Crippen LogP contribution in [-0.2, 0) is 9.47 Å². The Morgan fingerprint density at radius 1 is 1.39 bits per heavy atom. The molecule has 0 aliphatic carbocycles. The van der Waals surface area contributed by atoms with Crippen LogP contribution in [0.5, 0.6) is 5.75 Å². The molecule has 0 saturated carbocycles. The highest BCUT2D eigenvalue weighted by atomic mass is 16.5. The van der Waals surface area contributed by atoms with Crippen LogP contribution in [0.2, 0.25) is 0 Å². The van der Waals surface area contributed by atoms with Crippen molar-refractivity contribution in [2.45, 2.75) is 25.4 Å². The summed E-state index contributed by atoms with van der Waals surface area (Å²) in [7, 11) is 1.59. The van der Waals surface area contributed by atoms with Gasteiger partial charge in [0, 0.05) is 13.0 Å². The topological polar surface area (TPSA) is 44.8 Å². The Morgan fingerprint density at radius 2 is 2.17 bits per heavy atom. The Hall–Kier alpha value is -1.55. The lowest BCUT2D eigenvalue weighted by atomic mass is 10.2. The zero-order valence-corrected chi connectivity index (χ0v) is 10.6. The van der Waals surface area contributed by atoms with Crippen LogP contribution >= 0.6 is 0 Å². The van der Waals surface area contributed by atoms with Gasteiger partial charge in [0.1, 0.15) is 5.75 Å². The largest absolute Gasteiger partial charge is 0.497 e. The van der Waals surface area contributed by atoms with Gasteiger partial charge in [-0.15, -0.1) is 0 Å². The van der Waals surface area contributed by atoms with E-state index < -0.39 is 0 Å². The number of esters is 1. The van der Waals surface area contributed by atoms with Crippen molar-refractivity contribution in [2.75, 3.05) is 20.3 Å². The number of hydrogen-bond acceptors (Lipinski definition) is 4. The van der Waals surface area contributed by atoms with Crippen LogP contribution in [0.1, 0.15) is 29.6 Å². The van der Waals surface area contributed by atoms with Gasteiger partial charge in [-0.05, 0) is 37.1 Å². The van der Waals surface area contributed by atoms with Gasteiger partial charge in [0.25, 0.3) is 0 Å². The summed E-state index contributed by atoms with van der Waals surface area (Å²) in [6.07, 6.45) is 3.22. The van der Waals surface area contributed by atoms with E-state index in [0.717, 1.165) is 31.6 Å². The van der Waals surface area contributed by atoms with Crippen LogP contribution in [0.15, 0.2) is 24.3 Å². The summed E-state index contributed by atoms with van der Waals surface area (Å²) in [5, 5.41) is 0. The third-order valence-corrected chi connectivity index (χ3v) is 3.02. The van der Waals surface area contributed by atoms with Gasteiger partial charge in [0.05, 0.1) is 25.4 Å². The minimum absolute atomic E-state index is 0.258. The van der Waals surface area contributed by atoms with Crippen LogP contribution in [-0.4, -0.2) is 32.4 Å². The van der Waals surface area contributed by atoms with Crippen molar-refractivity contribution >= 4 is 5.97 Å². The molecule has 0 aromatic heterocycles. The first-order chi connectivity index (χ1) is 8.79. The lowest BCUT2D eigenvalue weighted by Gasteiger charge is -2.09. The summed E-state index contributed by atoms with van der Waals surface area (Å²) in [6, 6.07) is 6.90. The number of benzene rings is 1. The molecule has 0 spiro atoms. The fourth-order valence-corrected chi connectivity index (χ4v) is 1.97. The highest BCUT2D eigenvalue weighted by molar-refractivity contribution is 5.89. The minimum Gasteiger partial charge on any atom is -0.497 e. The van der Waals surface area contributed by atoms with E-state index in [2.05, 4.69) is 0 Å². The van der Waals surface area contributed by atoms with Crippen molar-refractivity contribution in [1.29, 1.82) is 0 Å². The summed E-state index contributed by atoms with van der Waals surface area (Å²) in [6.45, 7) is 1.24. The molecule has 1 fully saturated rings. The normalized spacial score (nSPS) is 18.6. The van der Waals surface area contributed by atoms with Crippen molar-refractivity contribution in [3.63, 3.8) is 0 Å². The number of carbonyl (C=O) groups excluding carboxylic acids is 1. The highest BCUT2D eigenvalue weighted by Crippen LogP contribution is 2.16. The second-order valence-corrected chi connectivity index (χ2v) is 4.29. The number of hydrogen-bond donors (Lipinski definition) is 0. The molecule has 18 heavy (non-hydrogen) atoms. The van der Waals surface area contributed by atoms with Gasteiger partial charge in [-0.2, -0.15) is 0 Å². The van der Waals surface area contributed by atoms with Gasteiger partial charge in [-0.25, -0.2) is 4.79 Å². The fourth-order valence-electron chi connectivity index (χ4n) is 1.97. The van der Waals surface area contributed by atoms with E-state index in [-0.39, 0.29) is 12.1 Å². The van der Waals surface area contributed by atoms with Gasteiger partial charge in [0.15, 0.2) is 0 Å². The zero-order chi connectivity index (χ0) is 12.8. The van der Waals surface area contributed by atoms with Crippen molar-refractivity contribution < 1.29 is 19.0 Å². The second-order valence-electron chi connectivity index (χ2n) is 4.29. The van der Waals surface area contributed by atoms with Gasteiger partial charge in [-0.3, -0.25) is 0 Å². The van der Waals surface area contributed by atoms with Gasteiger partial charge in [-0.1, -0.05) is 0 Å². The fraction of sp³-hybridized carbons (Fsp3) is 0.500. The monoisotopic (exact) mass is 250 g/mol. The zero-order valence-electron chi connectivity index (χ0n) is 10.6. The Balaban J connectivity index is 1.76. The Labute approximate surface area is 107 Å². The maximum atomic E-state index is 11.7. The molecule has 1 aliphatic heterocycles. The molecule has 1 aliphatic rings. The Morgan fingerprint density at radius 3 is 2.78 bits per heavy atom. The molecule has 0 bridgehead atoms. The lowest BCUT2D eigenvalue weighted by molar-refractivity contribution is 0.0386. The van der Waals surface area contributed by atoms with E-state index in [9.17, 15) is 4.79 Å². The molecule has 4 heteroatoms. The predicted octanol–water partition coefficient (Wildman–Crippen LogP) is 2.42. The van der Waals surface area contributed by atoms with Crippen LogP contribution in [0.4, 0.5) is 0 Å². The van der Waals surface area contributed by atoms with Crippen LogP contribution < -0.4 is 4.74 Å². The summed E-state index contributed by atoms with van der Waals surface area (Å²) in [5.41, 5.74) is 0.545. The van der Waals surface area contributed by atoms with Crippen LogP contribution in [0, 0.1) is 0 Å². The molecule has 4 nitrogen and oxygen atoms in total. The maximum Gasteiger partial charge on any atom is 0.338 e. The third kappa shape index (κ3) is 3.47. The highest BCUT2D eigenvalue weighted by Gasteiger charge is 2.16. The van der Waals surface area contributed by atoms with E-state index in [1.54, 1.807) is 31.4 Å². The predicted molar refractivity (Wildman–Crippen MR) is 66.9 cm³/mol. The molecule has 1 atom stereocenters. The Bertz CT molecular complexity index is 379. The maximum absolute atomic E-state index is 11.7. The molecule has 1 saturated heterocycles. The number of ether oxygens (including phenoxy) is 3. The summed E-state index contributed by atoms with van der Waals surface area (Å²) >= 11 is 0. The first-order valence-corrected chi connectivity index (χ1v) is 6.22. The van der Waals surface area contributed by atoms with E-state index in [1.807, 2.05) is 0 Å². The van der Waals surface area contributed by atoms with E-state index >= 15 is 0 Å². The lowest BCUT2D eigenvalue weighted by Crippen LogP contribution is -2.12. The SMILES string of the molecule is COc1ccc(C(=O)OCCC2CCCO2)cc1. The molecule has 0 radical (unpaired) electrons. The Kier molecular flexibility index (Phi) is 4.59. The quantitative estimate of drug-likeness (QED) is 0.753. The number of methoxy groups -OCH3 is 1. The third-order valence-electron chi connectivity index (χ3n) is 3.02. The standard InChI is InChI=1S/C14H18O4/c1-16-12-6-4-11(5-7-12)14(15)18-10-8-13-3-2-9-17-13/h4-7,13H,2-3,8-10H2,1H3. The molecule has 1 aromatic carbocycles.